The third-order valence-electron chi connectivity index (χ3n) is 4.44. The van der Waals surface area contributed by atoms with Crippen molar-refractivity contribution in [2.24, 2.45) is 5.41 Å². The van der Waals surface area contributed by atoms with Gasteiger partial charge in [0.05, 0.1) is 15.6 Å². The molecule has 1 aromatic carbocycles. The molecule has 5 heteroatoms. The summed E-state index contributed by atoms with van der Waals surface area (Å²) in [5, 5.41) is 0. The lowest BCUT2D eigenvalue weighted by molar-refractivity contribution is -0.125. The van der Waals surface area contributed by atoms with Crippen molar-refractivity contribution in [3.05, 3.63) is 28.0 Å². The molecule has 20 heavy (non-hydrogen) atoms. The fourth-order valence-electron chi connectivity index (χ4n) is 3.36. The van der Waals surface area contributed by atoms with E-state index in [9.17, 15) is 14.0 Å². The van der Waals surface area contributed by atoms with Gasteiger partial charge < -0.3 is 0 Å². The van der Waals surface area contributed by atoms with Gasteiger partial charge in [-0.15, -0.1) is 0 Å². The molecular weight excluding hydrogens is 325 g/mol. The Balaban J connectivity index is 2.04. The summed E-state index contributed by atoms with van der Waals surface area (Å²) < 4.78 is 13.8. The van der Waals surface area contributed by atoms with Crippen molar-refractivity contribution in [2.45, 2.75) is 39.0 Å². The number of carbonyl (C=O) groups excluding carboxylic acids is 2. The first-order valence-corrected chi connectivity index (χ1v) is 7.57. The number of hydrogen-bond acceptors (Lipinski definition) is 2. The van der Waals surface area contributed by atoms with Crippen LogP contribution in [0.5, 0.6) is 0 Å². The van der Waals surface area contributed by atoms with Gasteiger partial charge in [0.2, 0.25) is 11.8 Å². The number of carbonyl (C=O) groups is 2. The molecule has 0 aromatic heterocycles. The van der Waals surface area contributed by atoms with Crippen molar-refractivity contribution in [1.29, 1.82) is 0 Å². The zero-order valence-corrected chi connectivity index (χ0v) is 12.8. The first-order valence-electron chi connectivity index (χ1n) is 6.78. The number of amides is 2. The maximum atomic E-state index is 13.5. The van der Waals surface area contributed by atoms with Crippen molar-refractivity contribution < 1.29 is 14.0 Å². The average Bonchev–Trinajstić information content (AvgIpc) is 2.93. The normalized spacial score (nSPS) is 21.2. The minimum absolute atomic E-state index is 0.110. The summed E-state index contributed by atoms with van der Waals surface area (Å²) in [5.74, 6) is -0.666. The van der Waals surface area contributed by atoms with Gasteiger partial charge in [-0.3, -0.25) is 9.59 Å². The molecule has 3 nitrogen and oxygen atoms in total. The van der Waals surface area contributed by atoms with Crippen LogP contribution < -0.4 is 4.90 Å². The van der Waals surface area contributed by atoms with E-state index in [1.54, 1.807) is 6.92 Å². The van der Waals surface area contributed by atoms with Gasteiger partial charge in [0.1, 0.15) is 5.82 Å². The first kappa shape index (κ1) is 13.7. The summed E-state index contributed by atoms with van der Waals surface area (Å²) in [4.78, 5) is 26.2. The molecule has 0 atom stereocenters. The molecule has 1 saturated heterocycles. The smallest absolute Gasteiger partial charge is 0.240 e. The van der Waals surface area contributed by atoms with Crippen molar-refractivity contribution in [1.82, 2.24) is 0 Å². The second-order valence-corrected chi connectivity index (χ2v) is 6.61. The van der Waals surface area contributed by atoms with Crippen LogP contribution in [0.3, 0.4) is 0 Å². The minimum Gasteiger partial charge on any atom is -0.274 e. The van der Waals surface area contributed by atoms with Crippen molar-refractivity contribution >= 4 is 33.4 Å². The molecule has 1 heterocycles. The van der Waals surface area contributed by atoms with Crippen LogP contribution in [0, 0.1) is 18.2 Å². The summed E-state index contributed by atoms with van der Waals surface area (Å²) in [6.07, 6.45) is 3.86. The Labute approximate surface area is 125 Å². The van der Waals surface area contributed by atoms with Crippen LogP contribution >= 0.6 is 15.9 Å². The Hall–Kier alpha value is -1.23. The van der Waals surface area contributed by atoms with Gasteiger partial charge in [-0.2, -0.15) is 0 Å². The molecule has 0 bridgehead atoms. The van der Waals surface area contributed by atoms with Gasteiger partial charge in [0, 0.05) is 6.42 Å². The Kier molecular flexibility index (Phi) is 3.20. The van der Waals surface area contributed by atoms with Crippen molar-refractivity contribution in [2.75, 3.05) is 4.90 Å². The van der Waals surface area contributed by atoms with Gasteiger partial charge in [-0.1, -0.05) is 12.8 Å². The van der Waals surface area contributed by atoms with Gasteiger partial charge in [0.25, 0.3) is 0 Å². The van der Waals surface area contributed by atoms with E-state index < -0.39 is 5.41 Å². The Morgan fingerprint density at radius 1 is 1.25 bits per heavy atom. The van der Waals surface area contributed by atoms with Crippen LogP contribution in [0.15, 0.2) is 16.6 Å². The number of rotatable bonds is 1. The van der Waals surface area contributed by atoms with Crippen LogP contribution in [0.1, 0.15) is 37.7 Å². The molecule has 0 unspecified atom stereocenters. The van der Waals surface area contributed by atoms with Gasteiger partial charge in [-0.05, 0) is 53.4 Å². The van der Waals surface area contributed by atoms with E-state index in [2.05, 4.69) is 15.9 Å². The molecule has 2 amide bonds. The van der Waals surface area contributed by atoms with Crippen LogP contribution in [-0.2, 0) is 9.59 Å². The molecule has 2 fully saturated rings. The molecule has 1 saturated carbocycles. The summed E-state index contributed by atoms with van der Waals surface area (Å²) in [7, 11) is 0. The highest BCUT2D eigenvalue weighted by molar-refractivity contribution is 9.10. The fourth-order valence-corrected chi connectivity index (χ4v) is 3.69. The highest BCUT2D eigenvalue weighted by atomic mass is 79.9. The predicted molar refractivity (Wildman–Crippen MR) is 76.8 cm³/mol. The summed E-state index contributed by atoms with van der Waals surface area (Å²) in [5.41, 5.74) is 0.601. The van der Waals surface area contributed by atoms with Crippen molar-refractivity contribution in [3.63, 3.8) is 0 Å². The molecule has 0 N–H and O–H groups in total. The van der Waals surface area contributed by atoms with E-state index in [0.717, 1.165) is 25.7 Å². The number of anilines is 1. The molecule has 1 spiro atoms. The van der Waals surface area contributed by atoms with Crippen molar-refractivity contribution in [3.8, 4) is 0 Å². The monoisotopic (exact) mass is 339 g/mol. The number of benzene rings is 1. The highest BCUT2D eigenvalue weighted by Crippen LogP contribution is 2.48. The number of halogens is 2. The van der Waals surface area contributed by atoms with Crippen LogP contribution in [0.2, 0.25) is 0 Å². The van der Waals surface area contributed by atoms with Crippen LogP contribution in [-0.4, -0.2) is 11.8 Å². The summed E-state index contributed by atoms with van der Waals surface area (Å²) in [6.45, 7) is 1.71. The lowest BCUT2D eigenvalue weighted by Crippen LogP contribution is -2.34. The van der Waals surface area contributed by atoms with Gasteiger partial charge in [0.15, 0.2) is 0 Å². The maximum Gasteiger partial charge on any atom is 0.240 e. The number of imide groups is 1. The minimum atomic E-state index is -0.496. The van der Waals surface area contributed by atoms with E-state index >= 15 is 0 Å². The summed E-state index contributed by atoms with van der Waals surface area (Å²) in [6, 6.07) is 2.87. The second-order valence-electron chi connectivity index (χ2n) is 5.75. The molecule has 106 valence electrons. The van der Waals surface area contributed by atoms with Crippen LogP contribution in [0.4, 0.5) is 10.1 Å². The zero-order chi connectivity index (χ0) is 14.5. The van der Waals surface area contributed by atoms with E-state index in [-0.39, 0.29) is 22.1 Å². The molecular formula is C15H15BrFNO2. The van der Waals surface area contributed by atoms with E-state index in [1.165, 1.54) is 17.0 Å². The Morgan fingerprint density at radius 2 is 1.90 bits per heavy atom. The average molecular weight is 340 g/mol. The summed E-state index contributed by atoms with van der Waals surface area (Å²) >= 11 is 3.12. The van der Waals surface area contributed by atoms with E-state index in [4.69, 9.17) is 0 Å². The quantitative estimate of drug-likeness (QED) is 0.731. The standard InChI is InChI=1S/C15H15BrFNO2/c1-9-6-11(17)10(16)7-12(9)18-13(19)8-15(14(18)20)4-2-3-5-15/h6-7H,2-5,8H2,1H3. The number of nitrogens with zero attached hydrogens (tertiary/aromatic N) is 1. The fraction of sp³-hybridized carbons (Fsp3) is 0.467. The molecule has 3 rings (SSSR count). The topological polar surface area (TPSA) is 37.4 Å². The highest BCUT2D eigenvalue weighted by Gasteiger charge is 2.53. The van der Waals surface area contributed by atoms with Gasteiger partial charge in [-0.25, -0.2) is 9.29 Å². The third kappa shape index (κ3) is 1.91. The molecule has 2 aliphatic rings. The second kappa shape index (κ2) is 4.65. The van der Waals surface area contributed by atoms with E-state index in [1.807, 2.05) is 0 Å². The molecule has 1 aromatic rings. The maximum absolute atomic E-state index is 13.5. The number of hydrogen-bond donors (Lipinski definition) is 0. The largest absolute Gasteiger partial charge is 0.274 e. The zero-order valence-electron chi connectivity index (χ0n) is 11.2. The molecule has 1 aliphatic heterocycles. The molecule has 0 radical (unpaired) electrons. The number of aryl methyl sites for hydroxylation is 1. The third-order valence-corrected chi connectivity index (χ3v) is 5.04. The lowest BCUT2D eigenvalue weighted by atomic mass is 9.84. The predicted octanol–water partition coefficient (Wildman–Crippen LogP) is 3.72. The lowest BCUT2D eigenvalue weighted by Gasteiger charge is -2.22. The van der Waals surface area contributed by atoms with E-state index in [0.29, 0.717) is 17.7 Å². The Bertz CT molecular complexity index is 608. The first-order chi connectivity index (χ1) is 9.44. The SMILES string of the molecule is Cc1cc(F)c(Br)cc1N1C(=O)CC2(CCCC2)C1=O. The molecule has 1 aliphatic carbocycles. The van der Waals surface area contributed by atoms with Gasteiger partial charge >= 0.3 is 0 Å². The van der Waals surface area contributed by atoms with Crippen LogP contribution in [0.25, 0.3) is 0 Å². The Morgan fingerprint density at radius 3 is 2.55 bits per heavy atom.